The van der Waals surface area contributed by atoms with E-state index in [9.17, 15) is 18.0 Å². The van der Waals surface area contributed by atoms with E-state index in [4.69, 9.17) is 0 Å². The number of piperidine rings is 1. The number of carbonyl (C=O) groups excluding carboxylic acids is 2. The largest absolute Gasteiger partial charge is 0.353 e. The Hall–Kier alpha value is -1.93. The summed E-state index contributed by atoms with van der Waals surface area (Å²) >= 11 is 0. The molecule has 7 nitrogen and oxygen atoms in total. The number of rotatable bonds is 6. The molecule has 0 spiro atoms. The summed E-state index contributed by atoms with van der Waals surface area (Å²) in [5, 5.41) is 3.01. The van der Waals surface area contributed by atoms with Crippen molar-refractivity contribution in [1.82, 2.24) is 9.62 Å². The van der Waals surface area contributed by atoms with Crippen molar-refractivity contribution in [3.05, 3.63) is 23.8 Å². The molecule has 4 rings (SSSR count). The van der Waals surface area contributed by atoms with E-state index in [1.54, 1.807) is 18.2 Å². The van der Waals surface area contributed by atoms with Crippen LogP contribution < -0.4 is 10.2 Å². The van der Waals surface area contributed by atoms with Crippen LogP contribution in [0.4, 0.5) is 5.69 Å². The van der Waals surface area contributed by atoms with Gasteiger partial charge in [0, 0.05) is 42.7 Å². The number of carbonyl (C=O) groups is 2. The molecular weight excluding hydrogens is 426 g/mol. The van der Waals surface area contributed by atoms with Gasteiger partial charge in [-0.1, -0.05) is 13.3 Å². The Kier molecular flexibility index (Phi) is 6.63. The van der Waals surface area contributed by atoms with Crippen molar-refractivity contribution in [2.45, 2.75) is 82.7 Å². The van der Waals surface area contributed by atoms with Crippen LogP contribution in [0.1, 0.15) is 64.9 Å². The van der Waals surface area contributed by atoms with E-state index in [1.165, 1.54) is 4.31 Å². The molecule has 0 aromatic heterocycles. The highest BCUT2D eigenvalue weighted by Gasteiger charge is 2.38. The predicted molar refractivity (Wildman–Crippen MR) is 124 cm³/mol. The van der Waals surface area contributed by atoms with Crippen molar-refractivity contribution in [2.24, 2.45) is 11.8 Å². The van der Waals surface area contributed by atoms with Crippen molar-refractivity contribution < 1.29 is 18.0 Å². The molecule has 1 aromatic rings. The summed E-state index contributed by atoms with van der Waals surface area (Å²) in [4.78, 5) is 27.4. The highest BCUT2D eigenvalue weighted by molar-refractivity contribution is 7.89. The summed E-state index contributed by atoms with van der Waals surface area (Å²) in [5.74, 6) is 0.183. The predicted octanol–water partition coefficient (Wildman–Crippen LogP) is 3.08. The molecule has 1 N–H and O–H groups in total. The lowest BCUT2D eigenvalue weighted by Gasteiger charge is -2.32. The van der Waals surface area contributed by atoms with E-state index < -0.39 is 10.0 Å². The first-order valence-electron chi connectivity index (χ1n) is 12.0. The molecular formula is C24H35N3O4S. The van der Waals surface area contributed by atoms with E-state index in [2.05, 4.69) is 5.32 Å². The van der Waals surface area contributed by atoms with Crippen molar-refractivity contribution in [3.8, 4) is 0 Å². The molecule has 1 saturated carbocycles. The quantitative estimate of drug-likeness (QED) is 0.705. The average Bonchev–Trinajstić information content (AvgIpc) is 3.07. The molecule has 0 radical (unpaired) electrons. The highest BCUT2D eigenvalue weighted by atomic mass is 32.2. The molecule has 2 fully saturated rings. The fourth-order valence-corrected chi connectivity index (χ4v) is 6.45. The van der Waals surface area contributed by atoms with Crippen LogP contribution in [-0.2, 0) is 26.0 Å². The van der Waals surface area contributed by atoms with E-state index in [-0.39, 0.29) is 40.6 Å². The summed E-state index contributed by atoms with van der Waals surface area (Å²) in [5.41, 5.74) is 1.78. The molecule has 176 valence electrons. The van der Waals surface area contributed by atoms with Crippen LogP contribution >= 0.6 is 0 Å². The maximum Gasteiger partial charge on any atom is 0.243 e. The van der Waals surface area contributed by atoms with Crippen LogP contribution in [0.3, 0.4) is 0 Å². The van der Waals surface area contributed by atoms with Gasteiger partial charge in [-0.3, -0.25) is 9.59 Å². The minimum absolute atomic E-state index is 0.0270. The van der Waals surface area contributed by atoms with E-state index in [0.29, 0.717) is 32.4 Å². The first kappa shape index (κ1) is 23.2. The second kappa shape index (κ2) is 9.14. The maximum absolute atomic E-state index is 13.3. The topological polar surface area (TPSA) is 86.8 Å². The minimum Gasteiger partial charge on any atom is -0.353 e. The summed E-state index contributed by atoms with van der Waals surface area (Å²) in [6.07, 6.45) is 5.64. The van der Waals surface area contributed by atoms with Crippen LogP contribution in [-0.4, -0.2) is 49.7 Å². The highest BCUT2D eigenvalue weighted by Crippen LogP contribution is 2.38. The van der Waals surface area contributed by atoms with Crippen molar-refractivity contribution in [2.75, 3.05) is 18.0 Å². The minimum atomic E-state index is -3.63. The van der Waals surface area contributed by atoms with Crippen molar-refractivity contribution in [3.63, 3.8) is 0 Å². The molecule has 1 aliphatic carbocycles. The van der Waals surface area contributed by atoms with Gasteiger partial charge in [-0.25, -0.2) is 8.42 Å². The average molecular weight is 462 g/mol. The van der Waals surface area contributed by atoms with Gasteiger partial charge < -0.3 is 10.2 Å². The third-order valence-corrected chi connectivity index (χ3v) is 9.32. The van der Waals surface area contributed by atoms with E-state index in [1.807, 2.05) is 25.7 Å². The third-order valence-electron chi connectivity index (χ3n) is 7.42. The zero-order chi connectivity index (χ0) is 23.0. The molecule has 1 aromatic carbocycles. The molecule has 0 unspecified atom stereocenters. The van der Waals surface area contributed by atoms with Gasteiger partial charge in [0.25, 0.3) is 0 Å². The van der Waals surface area contributed by atoms with Gasteiger partial charge in [-0.05, 0) is 76.1 Å². The zero-order valence-corrected chi connectivity index (χ0v) is 20.2. The summed E-state index contributed by atoms with van der Waals surface area (Å²) in [6.45, 7) is 6.73. The molecule has 0 bridgehead atoms. The number of benzene rings is 1. The number of nitrogens with zero attached hydrogens (tertiary/aromatic N) is 2. The number of fused-ring (bicyclic) bond motifs is 1. The van der Waals surface area contributed by atoms with E-state index >= 15 is 0 Å². The van der Waals surface area contributed by atoms with Gasteiger partial charge in [0.2, 0.25) is 21.8 Å². The molecule has 32 heavy (non-hydrogen) atoms. The summed E-state index contributed by atoms with van der Waals surface area (Å²) in [6, 6.07) is 5.37. The van der Waals surface area contributed by atoms with Crippen molar-refractivity contribution >= 4 is 27.5 Å². The molecule has 1 saturated heterocycles. The number of sulfonamides is 1. The summed E-state index contributed by atoms with van der Waals surface area (Å²) < 4.78 is 28.1. The lowest BCUT2D eigenvalue weighted by molar-refractivity contribution is -0.127. The Balaban J connectivity index is 1.45. The fourth-order valence-electron chi connectivity index (χ4n) is 4.93. The van der Waals surface area contributed by atoms with Gasteiger partial charge >= 0.3 is 0 Å². The number of anilines is 1. The van der Waals surface area contributed by atoms with Crippen LogP contribution in [0, 0.1) is 11.8 Å². The molecule has 2 aliphatic heterocycles. The SMILES string of the molecule is CC[C@@H](C)NC(=O)C1CCN(S(=O)(=O)c2ccc3c(c2)C[C@H](C)N3C(=O)C2CCC2)CC1. The first-order valence-corrected chi connectivity index (χ1v) is 13.4. The van der Waals surface area contributed by atoms with E-state index in [0.717, 1.165) is 36.9 Å². The molecule has 2 atom stereocenters. The van der Waals surface area contributed by atoms with Crippen LogP contribution in [0.2, 0.25) is 0 Å². The first-order chi connectivity index (χ1) is 15.2. The standard InChI is InChI=1S/C24H35N3O4S/c1-4-16(2)25-23(28)18-10-12-26(13-11-18)32(30,31)21-8-9-22-20(15-21)14-17(3)27(22)24(29)19-6-5-7-19/h8-9,15-19H,4-7,10-14H2,1-3H3,(H,25,28)/t16-,17+/m1/s1. The van der Waals surface area contributed by atoms with Crippen LogP contribution in [0.15, 0.2) is 23.1 Å². The van der Waals surface area contributed by atoms with Crippen LogP contribution in [0.5, 0.6) is 0 Å². The second-order valence-electron chi connectivity index (χ2n) is 9.68. The number of hydrogen-bond acceptors (Lipinski definition) is 4. The second-order valence-corrected chi connectivity index (χ2v) is 11.6. The third kappa shape index (κ3) is 4.31. The normalized spacial score (nSPS) is 23.5. The van der Waals surface area contributed by atoms with Gasteiger partial charge in [0.15, 0.2) is 0 Å². The molecule has 2 heterocycles. The van der Waals surface area contributed by atoms with Gasteiger partial charge in [-0.2, -0.15) is 4.31 Å². The Labute approximate surface area is 191 Å². The Morgan fingerprint density at radius 1 is 1.12 bits per heavy atom. The molecule has 2 amide bonds. The Morgan fingerprint density at radius 2 is 1.81 bits per heavy atom. The number of hydrogen-bond donors (Lipinski definition) is 1. The zero-order valence-electron chi connectivity index (χ0n) is 19.3. The Morgan fingerprint density at radius 3 is 2.41 bits per heavy atom. The molecule has 3 aliphatic rings. The van der Waals surface area contributed by atoms with Gasteiger partial charge in [0.1, 0.15) is 0 Å². The lowest BCUT2D eigenvalue weighted by atomic mass is 9.84. The number of nitrogens with one attached hydrogen (secondary N) is 1. The Bertz CT molecular complexity index is 981. The lowest BCUT2D eigenvalue weighted by Crippen LogP contribution is -2.44. The van der Waals surface area contributed by atoms with Gasteiger partial charge in [-0.15, -0.1) is 0 Å². The van der Waals surface area contributed by atoms with Crippen molar-refractivity contribution in [1.29, 1.82) is 0 Å². The monoisotopic (exact) mass is 461 g/mol. The summed E-state index contributed by atoms with van der Waals surface area (Å²) in [7, 11) is -3.63. The smallest absolute Gasteiger partial charge is 0.243 e. The molecule has 8 heteroatoms. The number of amides is 2. The fraction of sp³-hybridized carbons (Fsp3) is 0.667. The van der Waals surface area contributed by atoms with Crippen LogP contribution in [0.25, 0.3) is 0 Å². The van der Waals surface area contributed by atoms with Gasteiger partial charge in [0.05, 0.1) is 4.90 Å². The maximum atomic E-state index is 13.3.